The molecule has 0 bridgehead atoms. The summed E-state index contributed by atoms with van der Waals surface area (Å²) in [5, 5.41) is 14.8. The summed E-state index contributed by atoms with van der Waals surface area (Å²) in [4.78, 5) is 40.1. The lowest BCUT2D eigenvalue weighted by Crippen LogP contribution is -2.39. The number of sulfonamides is 1. The number of aromatic nitrogens is 2. The van der Waals surface area contributed by atoms with E-state index in [0.29, 0.717) is 40.2 Å². The van der Waals surface area contributed by atoms with E-state index in [0.717, 1.165) is 60.7 Å². The number of fused-ring (bicyclic) bond motifs is 2. The van der Waals surface area contributed by atoms with Crippen LogP contribution in [0.25, 0.3) is 22.0 Å². The van der Waals surface area contributed by atoms with Crippen LogP contribution < -0.4 is 14.9 Å². The first-order chi connectivity index (χ1) is 25.1. The molecule has 12 heteroatoms. The Bertz CT molecular complexity index is 2220. The van der Waals surface area contributed by atoms with Crippen molar-refractivity contribution in [3.05, 3.63) is 117 Å². The topological polar surface area (TPSA) is 142 Å². The normalized spacial score (nSPS) is 14.2. The van der Waals surface area contributed by atoms with E-state index in [4.69, 9.17) is 4.98 Å². The summed E-state index contributed by atoms with van der Waals surface area (Å²) in [6.07, 6.45) is 6.08. The molecule has 4 aromatic carbocycles. The van der Waals surface area contributed by atoms with Crippen LogP contribution in [0.5, 0.6) is 0 Å². The molecule has 1 amide bonds. The van der Waals surface area contributed by atoms with Gasteiger partial charge in [-0.25, -0.2) is 23.1 Å². The minimum absolute atomic E-state index is 0.00548. The summed E-state index contributed by atoms with van der Waals surface area (Å²) in [5.74, 6) is -0.685. The van der Waals surface area contributed by atoms with Crippen LogP contribution >= 0.6 is 15.9 Å². The van der Waals surface area contributed by atoms with Crippen LogP contribution in [0.15, 0.2) is 94.4 Å². The Kier molecular flexibility index (Phi) is 11.8. The fraction of sp³-hybridized carbons (Fsp3) is 0.300. The first-order valence-corrected chi connectivity index (χ1v) is 19.9. The molecule has 1 unspecified atom stereocenters. The van der Waals surface area contributed by atoms with E-state index in [1.807, 2.05) is 30.3 Å². The number of anilines is 1. The number of carbonyl (C=O) groups is 2. The van der Waals surface area contributed by atoms with Gasteiger partial charge in [-0.2, -0.15) is 0 Å². The third-order valence-electron chi connectivity index (χ3n) is 9.39. The molecule has 0 saturated carbocycles. The van der Waals surface area contributed by atoms with E-state index in [1.165, 1.54) is 24.3 Å². The highest BCUT2D eigenvalue weighted by Gasteiger charge is 2.28. The van der Waals surface area contributed by atoms with Crippen LogP contribution in [-0.4, -0.2) is 60.9 Å². The molecular weight excluding hydrogens is 742 g/mol. The number of ketones is 1. The lowest BCUT2D eigenvalue weighted by atomic mass is 9.86. The van der Waals surface area contributed by atoms with Crippen molar-refractivity contribution in [2.75, 3.05) is 24.6 Å². The van der Waals surface area contributed by atoms with Crippen molar-refractivity contribution in [2.24, 2.45) is 0 Å². The molecule has 1 aliphatic heterocycles. The smallest absolute Gasteiger partial charge is 0.265 e. The highest BCUT2D eigenvalue weighted by atomic mass is 79.9. The van der Waals surface area contributed by atoms with Crippen LogP contribution in [0, 0.1) is 0 Å². The molecule has 3 N–H and O–H groups in total. The second-order valence-electron chi connectivity index (χ2n) is 13.0. The fourth-order valence-corrected chi connectivity index (χ4v) is 7.88. The fourth-order valence-electron chi connectivity index (χ4n) is 6.46. The van der Waals surface area contributed by atoms with Gasteiger partial charge in [-0.15, -0.1) is 0 Å². The van der Waals surface area contributed by atoms with Gasteiger partial charge in [0.1, 0.15) is 0 Å². The van der Waals surface area contributed by atoms with E-state index < -0.39 is 15.9 Å². The Balaban J connectivity index is 1.44. The number of unbranched alkanes of at least 4 members (excludes halogenated alkanes) is 2. The molecular formula is C40H42BrN5O5S. The maximum Gasteiger partial charge on any atom is 0.265 e. The lowest BCUT2D eigenvalue weighted by molar-refractivity contribution is 0.0981. The Morgan fingerprint density at radius 2 is 1.69 bits per heavy atom. The number of hydrogen-bond donors (Lipinski definition) is 3. The number of nitrogens with zero attached hydrogens (tertiary/aromatic N) is 3. The predicted molar refractivity (Wildman–Crippen MR) is 207 cm³/mol. The number of aliphatic hydroxyl groups excluding tert-OH is 1. The number of halogens is 1. The molecule has 5 aromatic rings. The van der Waals surface area contributed by atoms with Gasteiger partial charge in [-0.05, 0) is 81.4 Å². The van der Waals surface area contributed by atoms with E-state index >= 15 is 0 Å². The molecule has 1 aliphatic rings. The summed E-state index contributed by atoms with van der Waals surface area (Å²) in [5.41, 5.74) is 3.32. The predicted octanol–water partition coefficient (Wildman–Crippen LogP) is 6.82. The quantitative estimate of drug-likeness (QED) is 0.104. The maximum absolute atomic E-state index is 14.7. The average molecular weight is 785 g/mol. The molecule has 2 heterocycles. The van der Waals surface area contributed by atoms with E-state index in [1.54, 1.807) is 30.5 Å². The van der Waals surface area contributed by atoms with Crippen molar-refractivity contribution >= 4 is 54.4 Å². The van der Waals surface area contributed by atoms with Gasteiger partial charge in [-0.3, -0.25) is 9.59 Å². The zero-order valence-electron chi connectivity index (χ0n) is 29.2. The number of carbonyl (C=O) groups excluding carboxylic acids is 2. The number of rotatable bonds is 14. The molecule has 1 aromatic heterocycles. The number of aliphatic hydroxyl groups is 1. The van der Waals surface area contributed by atoms with Crippen LogP contribution in [0.1, 0.15) is 76.9 Å². The number of nitrogens with one attached hydrogen (secondary N) is 2. The van der Waals surface area contributed by atoms with Gasteiger partial charge in [0.05, 0.1) is 21.7 Å². The zero-order valence-corrected chi connectivity index (χ0v) is 31.6. The third-order valence-corrected chi connectivity index (χ3v) is 11.3. The molecule has 6 rings (SSSR count). The van der Waals surface area contributed by atoms with Gasteiger partial charge in [0, 0.05) is 54.1 Å². The Morgan fingerprint density at radius 3 is 2.42 bits per heavy atom. The van der Waals surface area contributed by atoms with Crippen molar-refractivity contribution in [2.45, 2.75) is 63.4 Å². The molecule has 270 valence electrons. The molecule has 0 saturated heterocycles. The molecule has 0 aliphatic carbocycles. The standard InChI is InChI=1S/C40H42BrN5O5S/c1-3-5-18-46(19-6-4-2)40-43-24-36(41)37(44-40)32-17-15-28(39(49)45-52(50,51)31-16-14-26-10-7-8-11-27(26)20-31)21-35(32)38(48)33-13-9-12-29-23-42-30(25-47)22-34(29)33/h7-17,20-21,24,30,42,47H,3-6,18-19,22-23,25H2,1-2H3,(H,45,49). The van der Waals surface area contributed by atoms with Gasteiger partial charge in [0.2, 0.25) is 5.95 Å². The number of amides is 1. The summed E-state index contributed by atoms with van der Waals surface area (Å²) in [6, 6.07) is 21.9. The minimum atomic E-state index is -4.25. The van der Waals surface area contributed by atoms with Crippen molar-refractivity contribution in [3.63, 3.8) is 0 Å². The first kappa shape index (κ1) is 37.3. The summed E-state index contributed by atoms with van der Waals surface area (Å²) >= 11 is 3.62. The average Bonchev–Trinajstić information content (AvgIpc) is 3.17. The molecule has 1 atom stereocenters. The Morgan fingerprint density at radius 1 is 0.942 bits per heavy atom. The summed E-state index contributed by atoms with van der Waals surface area (Å²) in [6.45, 7) is 6.24. The van der Waals surface area contributed by atoms with Gasteiger partial charge in [-0.1, -0.05) is 81.3 Å². The maximum atomic E-state index is 14.7. The molecule has 0 radical (unpaired) electrons. The molecule has 52 heavy (non-hydrogen) atoms. The van der Waals surface area contributed by atoms with Gasteiger partial charge in [0.15, 0.2) is 5.78 Å². The zero-order chi connectivity index (χ0) is 36.8. The van der Waals surface area contributed by atoms with Crippen LogP contribution in [0.4, 0.5) is 5.95 Å². The highest BCUT2D eigenvalue weighted by molar-refractivity contribution is 9.10. The van der Waals surface area contributed by atoms with Gasteiger partial charge in [0.25, 0.3) is 15.9 Å². The minimum Gasteiger partial charge on any atom is -0.395 e. The van der Waals surface area contributed by atoms with Crippen LogP contribution in [0.3, 0.4) is 0 Å². The molecule has 0 fully saturated rings. The second-order valence-corrected chi connectivity index (χ2v) is 15.5. The SMILES string of the molecule is CCCCN(CCCC)c1ncc(Br)c(-c2ccc(C(=O)NS(=O)(=O)c3ccc4ccccc4c3)cc2C(=O)c2cccc3c2CC(CO)NC3)n1. The lowest BCUT2D eigenvalue weighted by Gasteiger charge is -2.26. The Labute approximate surface area is 312 Å². The van der Waals surface area contributed by atoms with Crippen molar-refractivity contribution < 1.29 is 23.1 Å². The molecule has 10 nitrogen and oxygen atoms in total. The van der Waals surface area contributed by atoms with E-state index in [9.17, 15) is 23.1 Å². The van der Waals surface area contributed by atoms with Gasteiger partial charge >= 0.3 is 0 Å². The van der Waals surface area contributed by atoms with Gasteiger partial charge < -0.3 is 15.3 Å². The Hall–Kier alpha value is -4.49. The van der Waals surface area contributed by atoms with Crippen LogP contribution in [0.2, 0.25) is 0 Å². The second kappa shape index (κ2) is 16.5. The van der Waals surface area contributed by atoms with E-state index in [2.05, 4.69) is 49.7 Å². The van der Waals surface area contributed by atoms with Crippen molar-refractivity contribution in [1.29, 1.82) is 0 Å². The van der Waals surface area contributed by atoms with Crippen LogP contribution in [-0.2, 0) is 23.0 Å². The third kappa shape index (κ3) is 8.10. The number of hydrogen-bond acceptors (Lipinski definition) is 9. The first-order valence-electron chi connectivity index (χ1n) is 17.6. The van der Waals surface area contributed by atoms with Crippen molar-refractivity contribution in [1.82, 2.24) is 20.0 Å². The summed E-state index contributed by atoms with van der Waals surface area (Å²) < 4.78 is 29.7. The number of benzene rings is 4. The van der Waals surface area contributed by atoms with E-state index in [-0.39, 0.29) is 34.5 Å². The monoisotopic (exact) mass is 783 g/mol. The largest absolute Gasteiger partial charge is 0.395 e. The molecule has 0 spiro atoms. The summed E-state index contributed by atoms with van der Waals surface area (Å²) in [7, 11) is -4.25. The highest BCUT2D eigenvalue weighted by Crippen LogP contribution is 2.34. The van der Waals surface area contributed by atoms with Crippen molar-refractivity contribution in [3.8, 4) is 11.3 Å².